The van der Waals surface area contributed by atoms with Crippen molar-refractivity contribution in [3.8, 4) is 11.3 Å². The second-order valence-corrected chi connectivity index (χ2v) is 7.55. The van der Waals surface area contributed by atoms with E-state index >= 15 is 0 Å². The van der Waals surface area contributed by atoms with E-state index in [2.05, 4.69) is 27.9 Å². The van der Waals surface area contributed by atoms with Crippen molar-refractivity contribution in [2.45, 2.75) is 6.92 Å². The number of halogens is 1. The number of amides is 1. The van der Waals surface area contributed by atoms with E-state index in [-0.39, 0.29) is 5.91 Å². The van der Waals surface area contributed by atoms with Crippen LogP contribution in [0.3, 0.4) is 0 Å². The Morgan fingerprint density at radius 2 is 1.56 bits per heavy atom. The van der Waals surface area contributed by atoms with Crippen molar-refractivity contribution in [3.05, 3.63) is 93.6 Å². The highest BCUT2D eigenvalue weighted by atomic mass is 127. The van der Waals surface area contributed by atoms with Crippen molar-refractivity contribution in [1.29, 1.82) is 0 Å². The van der Waals surface area contributed by atoms with Gasteiger partial charge in [0.2, 0.25) is 0 Å². The third-order valence-corrected chi connectivity index (χ3v) is 5.23. The van der Waals surface area contributed by atoms with E-state index in [0.717, 1.165) is 37.0 Å². The lowest BCUT2D eigenvalue weighted by atomic mass is 9.97. The van der Waals surface area contributed by atoms with Crippen LogP contribution in [-0.4, -0.2) is 10.9 Å². The Labute approximate surface area is 171 Å². The topological polar surface area (TPSA) is 42.0 Å². The summed E-state index contributed by atoms with van der Waals surface area (Å²) in [7, 11) is 0. The van der Waals surface area contributed by atoms with Gasteiger partial charge in [0.15, 0.2) is 0 Å². The molecule has 4 heteroatoms. The van der Waals surface area contributed by atoms with E-state index in [9.17, 15) is 4.79 Å². The highest BCUT2D eigenvalue weighted by Gasteiger charge is 2.18. The molecule has 0 aliphatic heterocycles. The lowest BCUT2D eigenvalue weighted by Gasteiger charge is -2.15. The van der Waals surface area contributed by atoms with Gasteiger partial charge >= 0.3 is 0 Å². The first-order valence-electron chi connectivity index (χ1n) is 8.65. The van der Waals surface area contributed by atoms with Gasteiger partial charge in [-0.3, -0.25) is 4.79 Å². The quantitative estimate of drug-likeness (QED) is 0.374. The van der Waals surface area contributed by atoms with Crippen molar-refractivity contribution in [2.75, 3.05) is 5.32 Å². The fourth-order valence-electron chi connectivity index (χ4n) is 3.20. The van der Waals surface area contributed by atoms with Crippen LogP contribution in [0.5, 0.6) is 0 Å². The van der Waals surface area contributed by atoms with E-state index in [0.29, 0.717) is 5.56 Å². The Morgan fingerprint density at radius 3 is 2.30 bits per heavy atom. The molecular weight excluding hydrogens is 447 g/mol. The highest BCUT2D eigenvalue weighted by molar-refractivity contribution is 14.1. The van der Waals surface area contributed by atoms with Crippen LogP contribution in [-0.2, 0) is 0 Å². The highest BCUT2D eigenvalue weighted by Crippen LogP contribution is 2.30. The minimum atomic E-state index is -0.121. The summed E-state index contributed by atoms with van der Waals surface area (Å²) in [5, 5.41) is 3.89. The Kier molecular flexibility index (Phi) is 4.90. The van der Waals surface area contributed by atoms with Crippen LogP contribution in [0.15, 0.2) is 78.9 Å². The number of hydrogen-bond donors (Lipinski definition) is 1. The SMILES string of the molecule is Cc1c(-c2ccccc2)nc2ccccc2c1C(=O)Nc1ccc(I)cc1. The Hall–Kier alpha value is -2.73. The van der Waals surface area contributed by atoms with Crippen molar-refractivity contribution in [3.63, 3.8) is 0 Å². The molecule has 0 aliphatic carbocycles. The third kappa shape index (κ3) is 3.57. The molecular formula is C23H17IN2O. The molecule has 0 atom stereocenters. The van der Waals surface area contributed by atoms with Crippen LogP contribution in [0, 0.1) is 10.5 Å². The second kappa shape index (κ2) is 7.48. The lowest BCUT2D eigenvalue weighted by Crippen LogP contribution is -2.15. The maximum atomic E-state index is 13.2. The number of benzene rings is 3. The summed E-state index contributed by atoms with van der Waals surface area (Å²) in [5.74, 6) is -0.121. The van der Waals surface area contributed by atoms with Crippen molar-refractivity contribution < 1.29 is 4.79 Å². The van der Waals surface area contributed by atoms with Crippen molar-refractivity contribution >= 4 is 45.1 Å². The molecule has 0 spiro atoms. The van der Waals surface area contributed by atoms with Crippen LogP contribution in [0.4, 0.5) is 5.69 Å². The summed E-state index contributed by atoms with van der Waals surface area (Å²) in [6.07, 6.45) is 0. The molecule has 132 valence electrons. The molecule has 1 aromatic heterocycles. The van der Waals surface area contributed by atoms with Crippen molar-refractivity contribution in [2.24, 2.45) is 0 Å². The zero-order chi connectivity index (χ0) is 18.8. The second-order valence-electron chi connectivity index (χ2n) is 6.30. The maximum Gasteiger partial charge on any atom is 0.256 e. The summed E-state index contributed by atoms with van der Waals surface area (Å²) in [6.45, 7) is 1.96. The number of carbonyl (C=O) groups excluding carboxylic acids is 1. The minimum absolute atomic E-state index is 0.121. The zero-order valence-electron chi connectivity index (χ0n) is 14.7. The van der Waals surface area contributed by atoms with Crippen LogP contribution in [0.25, 0.3) is 22.2 Å². The van der Waals surface area contributed by atoms with Gasteiger partial charge in [-0.1, -0.05) is 48.5 Å². The molecule has 3 aromatic carbocycles. The summed E-state index contributed by atoms with van der Waals surface area (Å²) >= 11 is 2.25. The molecule has 0 bridgehead atoms. The Bertz CT molecular complexity index is 1120. The third-order valence-electron chi connectivity index (χ3n) is 4.51. The zero-order valence-corrected chi connectivity index (χ0v) is 16.9. The number of rotatable bonds is 3. The molecule has 0 unspecified atom stereocenters. The van der Waals surface area contributed by atoms with Gasteiger partial charge in [-0.25, -0.2) is 4.98 Å². The predicted molar refractivity (Wildman–Crippen MR) is 119 cm³/mol. The maximum absolute atomic E-state index is 13.2. The summed E-state index contributed by atoms with van der Waals surface area (Å²) in [4.78, 5) is 18.0. The van der Waals surface area contributed by atoms with Crippen LogP contribution < -0.4 is 5.32 Å². The van der Waals surface area contributed by atoms with Crippen LogP contribution in [0.1, 0.15) is 15.9 Å². The summed E-state index contributed by atoms with van der Waals surface area (Å²) in [6, 6.07) is 25.5. The number of nitrogens with one attached hydrogen (secondary N) is 1. The number of para-hydroxylation sites is 1. The largest absolute Gasteiger partial charge is 0.322 e. The Balaban J connectivity index is 1.86. The van der Waals surface area contributed by atoms with E-state index < -0.39 is 0 Å². The fraction of sp³-hybridized carbons (Fsp3) is 0.0435. The molecule has 1 heterocycles. The average Bonchev–Trinajstić information content (AvgIpc) is 2.70. The molecule has 0 saturated carbocycles. The molecule has 0 radical (unpaired) electrons. The van der Waals surface area contributed by atoms with E-state index in [4.69, 9.17) is 4.98 Å². The normalized spacial score (nSPS) is 10.7. The van der Waals surface area contributed by atoms with Crippen LogP contribution in [0.2, 0.25) is 0 Å². The fourth-order valence-corrected chi connectivity index (χ4v) is 3.56. The first-order valence-corrected chi connectivity index (χ1v) is 9.73. The molecule has 4 rings (SSSR count). The first kappa shape index (κ1) is 17.7. The molecule has 0 saturated heterocycles. The van der Waals surface area contributed by atoms with Crippen LogP contribution >= 0.6 is 22.6 Å². The standard InChI is InChI=1S/C23H17IN2O/c1-15-21(23(27)25-18-13-11-17(24)12-14-18)19-9-5-6-10-20(19)26-22(15)16-7-3-2-4-8-16/h2-14H,1H3,(H,25,27). The minimum Gasteiger partial charge on any atom is -0.322 e. The van der Waals surface area contributed by atoms with Gasteiger partial charge in [-0.2, -0.15) is 0 Å². The van der Waals surface area contributed by atoms with Gasteiger partial charge < -0.3 is 5.32 Å². The molecule has 4 aromatic rings. The number of hydrogen-bond acceptors (Lipinski definition) is 2. The number of aromatic nitrogens is 1. The molecule has 0 aliphatic rings. The van der Waals surface area contributed by atoms with E-state index in [1.54, 1.807) is 0 Å². The van der Waals surface area contributed by atoms with Crippen molar-refractivity contribution in [1.82, 2.24) is 4.98 Å². The van der Waals surface area contributed by atoms with Gasteiger partial charge in [0.1, 0.15) is 0 Å². The smallest absolute Gasteiger partial charge is 0.256 e. The predicted octanol–water partition coefficient (Wildman–Crippen LogP) is 6.07. The number of carbonyl (C=O) groups is 1. The monoisotopic (exact) mass is 464 g/mol. The van der Waals surface area contributed by atoms with Gasteiger partial charge in [0, 0.05) is 20.2 Å². The van der Waals surface area contributed by atoms with E-state index in [1.165, 1.54) is 0 Å². The van der Waals surface area contributed by atoms with E-state index in [1.807, 2.05) is 85.8 Å². The molecule has 1 N–H and O–H groups in total. The lowest BCUT2D eigenvalue weighted by molar-refractivity contribution is 0.102. The summed E-state index contributed by atoms with van der Waals surface area (Å²) in [5.41, 5.74) is 4.98. The van der Waals surface area contributed by atoms with Gasteiger partial charge in [0.25, 0.3) is 5.91 Å². The summed E-state index contributed by atoms with van der Waals surface area (Å²) < 4.78 is 1.13. The number of pyridine rings is 1. The molecule has 1 amide bonds. The van der Waals surface area contributed by atoms with Gasteiger partial charge in [0.05, 0.1) is 16.8 Å². The number of fused-ring (bicyclic) bond motifs is 1. The van der Waals surface area contributed by atoms with Gasteiger partial charge in [-0.05, 0) is 65.4 Å². The van der Waals surface area contributed by atoms with Gasteiger partial charge in [-0.15, -0.1) is 0 Å². The number of anilines is 1. The molecule has 27 heavy (non-hydrogen) atoms. The number of nitrogens with zero attached hydrogens (tertiary/aromatic N) is 1. The average molecular weight is 464 g/mol. The molecule has 3 nitrogen and oxygen atoms in total. The first-order chi connectivity index (χ1) is 13.1. The Morgan fingerprint density at radius 1 is 0.889 bits per heavy atom. The molecule has 0 fully saturated rings.